The van der Waals surface area contributed by atoms with Gasteiger partial charge in [0.15, 0.2) is 0 Å². The van der Waals surface area contributed by atoms with Gasteiger partial charge in [-0.3, -0.25) is 4.90 Å². The SMILES string of the molecule is CCN(CC)C1CCN(CC(C)(C)c2ccc(N)cc2)C1. The fraction of sp³-hybridized carbons (Fsp3) is 0.667. The average Bonchev–Trinajstić information content (AvgIpc) is 2.88. The summed E-state index contributed by atoms with van der Waals surface area (Å²) in [6, 6.07) is 9.11. The van der Waals surface area contributed by atoms with Gasteiger partial charge in [0.2, 0.25) is 0 Å². The van der Waals surface area contributed by atoms with Crippen LogP contribution in [0.25, 0.3) is 0 Å². The number of hydrogen-bond donors (Lipinski definition) is 1. The van der Waals surface area contributed by atoms with Crippen molar-refractivity contribution in [3.63, 3.8) is 0 Å². The average molecular weight is 289 g/mol. The maximum atomic E-state index is 5.80. The van der Waals surface area contributed by atoms with Crippen LogP contribution in [0.5, 0.6) is 0 Å². The van der Waals surface area contributed by atoms with Crippen LogP contribution in [0.1, 0.15) is 39.7 Å². The quantitative estimate of drug-likeness (QED) is 0.817. The van der Waals surface area contributed by atoms with Gasteiger partial charge >= 0.3 is 0 Å². The first kappa shape index (κ1) is 16.3. The molecule has 3 nitrogen and oxygen atoms in total. The Labute approximate surface area is 130 Å². The lowest BCUT2D eigenvalue weighted by Crippen LogP contribution is -2.40. The van der Waals surface area contributed by atoms with Crippen molar-refractivity contribution in [2.24, 2.45) is 0 Å². The Bertz CT molecular complexity index is 434. The van der Waals surface area contributed by atoms with Gasteiger partial charge in [0.05, 0.1) is 0 Å². The number of nitrogens with two attached hydrogens (primary N) is 1. The normalized spacial score (nSPS) is 20.3. The Hall–Kier alpha value is -1.06. The highest BCUT2D eigenvalue weighted by Crippen LogP contribution is 2.27. The molecule has 1 unspecified atom stereocenters. The Balaban J connectivity index is 1.97. The van der Waals surface area contributed by atoms with E-state index in [1.807, 2.05) is 12.1 Å². The van der Waals surface area contributed by atoms with Crippen molar-refractivity contribution in [1.29, 1.82) is 0 Å². The van der Waals surface area contributed by atoms with Crippen LogP contribution in [-0.2, 0) is 5.41 Å². The predicted octanol–water partition coefficient (Wildman–Crippen LogP) is 2.96. The number of nitrogens with zero attached hydrogens (tertiary/aromatic N) is 2. The summed E-state index contributed by atoms with van der Waals surface area (Å²) in [6.07, 6.45) is 1.31. The van der Waals surface area contributed by atoms with E-state index in [0.29, 0.717) is 0 Å². The summed E-state index contributed by atoms with van der Waals surface area (Å²) in [5.74, 6) is 0. The molecule has 1 atom stereocenters. The zero-order chi connectivity index (χ0) is 15.5. The highest BCUT2D eigenvalue weighted by Gasteiger charge is 2.31. The van der Waals surface area contributed by atoms with Gasteiger partial charge in [-0.15, -0.1) is 0 Å². The summed E-state index contributed by atoms with van der Waals surface area (Å²) in [7, 11) is 0. The molecule has 0 aliphatic carbocycles. The Morgan fingerprint density at radius 2 is 1.81 bits per heavy atom. The first-order valence-electron chi connectivity index (χ1n) is 8.28. The van der Waals surface area contributed by atoms with Gasteiger partial charge in [-0.05, 0) is 43.8 Å². The number of nitrogen functional groups attached to an aromatic ring is 1. The molecule has 0 saturated carbocycles. The lowest BCUT2D eigenvalue weighted by Gasteiger charge is -2.32. The van der Waals surface area contributed by atoms with Crippen molar-refractivity contribution in [3.8, 4) is 0 Å². The summed E-state index contributed by atoms with van der Waals surface area (Å²) < 4.78 is 0. The fourth-order valence-corrected chi connectivity index (χ4v) is 3.58. The molecule has 118 valence electrons. The van der Waals surface area contributed by atoms with Gasteiger partial charge in [0.1, 0.15) is 0 Å². The lowest BCUT2D eigenvalue weighted by molar-refractivity contribution is 0.199. The zero-order valence-electron chi connectivity index (χ0n) is 14.1. The molecule has 0 spiro atoms. The van der Waals surface area contributed by atoms with Gasteiger partial charge < -0.3 is 10.6 Å². The summed E-state index contributed by atoms with van der Waals surface area (Å²) in [5.41, 5.74) is 8.19. The maximum absolute atomic E-state index is 5.80. The van der Waals surface area contributed by atoms with Crippen molar-refractivity contribution in [1.82, 2.24) is 9.80 Å². The van der Waals surface area contributed by atoms with E-state index in [9.17, 15) is 0 Å². The minimum Gasteiger partial charge on any atom is -0.399 e. The maximum Gasteiger partial charge on any atom is 0.0314 e. The summed E-state index contributed by atoms with van der Waals surface area (Å²) in [5, 5.41) is 0. The smallest absolute Gasteiger partial charge is 0.0314 e. The van der Waals surface area contributed by atoms with Gasteiger partial charge in [0.25, 0.3) is 0 Å². The van der Waals surface area contributed by atoms with E-state index in [1.54, 1.807) is 0 Å². The summed E-state index contributed by atoms with van der Waals surface area (Å²) >= 11 is 0. The molecule has 1 aliphatic heterocycles. The Morgan fingerprint density at radius 3 is 2.38 bits per heavy atom. The third-order valence-corrected chi connectivity index (χ3v) is 4.89. The summed E-state index contributed by atoms with van der Waals surface area (Å²) in [4.78, 5) is 5.22. The minimum absolute atomic E-state index is 0.172. The van der Waals surface area contributed by atoms with Crippen LogP contribution in [0.2, 0.25) is 0 Å². The number of anilines is 1. The first-order valence-corrected chi connectivity index (χ1v) is 8.28. The van der Waals surface area contributed by atoms with Gasteiger partial charge in [0, 0.05) is 30.2 Å². The number of hydrogen-bond acceptors (Lipinski definition) is 3. The molecule has 1 heterocycles. The zero-order valence-corrected chi connectivity index (χ0v) is 14.1. The molecule has 0 bridgehead atoms. The molecule has 1 saturated heterocycles. The molecular weight excluding hydrogens is 258 g/mol. The Morgan fingerprint density at radius 1 is 1.19 bits per heavy atom. The highest BCUT2D eigenvalue weighted by molar-refractivity contribution is 5.41. The molecule has 0 amide bonds. The van der Waals surface area contributed by atoms with E-state index >= 15 is 0 Å². The number of likely N-dealkylation sites (tertiary alicyclic amines) is 1. The standard InChI is InChI=1S/C18H31N3/c1-5-21(6-2)17-11-12-20(13-17)14-18(3,4)15-7-9-16(19)10-8-15/h7-10,17H,5-6,11-14,19H2,1-4H3. The number of benzene rings is 1. The van der Waals surface area contributed by atoms with Gasteiger partial charge in [-0.25, -0.2) is 0 Å². The molecule has 2 rings (SSSR count). The van der Waals surface area contributed by atoms with Crippen LogP contribution >= 0.6 is 0 Å². The second-order valence-corrected chi connectivity index (χ2v) is 6.90. The van der Waals surface area contributed by atoms with Crippen molar-refractivity contribution < 1.29 is 0 Å². The molecular formula is C18H31N3. The highest BCUT2D eigenvalue weighted by atomic mass is 15.2. The molecule has 1 aromatic carbocycles. The van der Waals surface area contributed by atoms with E-state index in [0.717, 1.165) is 31.4 Å². The molecule has 1 aliphatic rings. The number of rotatable bonds is 6. The van der Waals surface area contributed by atoms with E-state index in [1.165, 1.54) is 25.1 Å². The van der Waals surface area contributed by atoms with E-state index < -0.39 is 0 Å². The molecule has 1 fully saturated rings. The van der Waals surface area contributed by atoms with Gasteiger partial charge in [-0.1, -0.05) is 39.8 Å². The van der Waals surface area contributed by atoms with Crippen molar-refractivity contribution in [3.05, 3.63) is 29.8 Å². The molecule has 2 N–H and O–H groups in total. The fourth-order valence-electron chi connectivity index (χ4n) is 3.58. The summed E-state index contributed by atoms with van der Waals surface area (Å²) in [6.45, 7) is 15.1. The largest absolute Gasteiger partial charge is 0.399 e. The molecule has 1 aromatic rings. The minimum atomic E-state index is 0.172. The van der Waals surface area contributed by atoms with Crippen LogP contribution in [0.3, 0.4) is 0 Å². The third-order valence-electron chi connectivity index (χ3n) is 4.89. The van der Waals surface area contributed by atoms with Crippen molar-refractivity contribution >= 4 is 5.69 Å². The lowest BCUT2D eigenvalue weighted by atomic mass is 9.84. The van der Waals surface area contributed by atoms with E-state index in [2.05, 4.69) is 49.6 Å². The van der Waals surface area contributed by atoms with Crippen LogP contribution in [0.4, 0.5) is 5.69 Å². The first-order chi connectivity index (χ1) is 9.96. The second kappa shape index (κ2) is 6.80. The van der Waals surface area contributed by atoms with Gasteiger partial charge in [-0.2, -0.15) is 0 Å². The molecule has 0 aromatic heterocycles. The molecule has 21 heavy (non-hydrogen) atoms. The Kier molecular flexibility index (Phi) is 5.28. The van der Waals surface area contributed by atoms with Crippen LogP contribution in [0.15, 0.2) is 24.3 Å². The van der Waals surface area contributed by atoms with E-state index in [4.69, 9.17) is 5.73 Å². The topological polar surface area (TPSA) is 32.5 Å². The predicted molar refractivity (Wildman–Crippen MR) is 91.6 cm³/mol. The van der Waals surface area contributed by atoms with Crippen molar-refractivity contribution in [2.75, 3.05) is 38.5 Å². The van der Waals surface area contributed by atoms with Crippen LogP contribution in [0, 0.1) is 0 Å². The molecule has 0 radical (unpaired) electrons. The van der Waals surface area contributed by atoms with Crippen LogP contribution < -0.4 is 5.73 Å². The number of likely N-dealkylation sites (N-methyl/N-ethyl adjacent to an activating group) is 1. The van der Waals surface area contributed by atoms with Crippen molar-refractivity contribution in [2.45, 2.75) is 45.6 Å². The monoisotopic (exact) mass is 289 g/mol. The third kappa shape index (κ3) is 3.98. The van der Waals surface area contributed by atoms with Crippen LogP contribution in [-0.4, -0.2) is 48.6 Å². The molecule has 3 heteroatoms. The second-order valence-electron chi connectivity index (χ2n) is 6.90. The van der Waals surface area contributed by atoms with E-state index in [-0.39, 0.29) is 5.41 Å².